The number of rotatable bonds is 6. The summed E-state index contributed by atoms with van der Waals surface area (Å²) in [7, 11) is 1.97. The van der Waals surface area contributed by atoms with E-state index >= 15 is 0 Å². The smallest absolute Gasteiger partial charge is 0.255 e. The Hall–Kier alpha value is -1.39. The second-order valence-electron chi connectivity index (χ2n) is 4.62. The van der Waals surface area contributed by atoms with Gasteiger partial charge in [0.15, 0.2) is 0 Å². The molecule has 18 heavy (non-hydrogen) atoms. The molecule has 2 atom stereocenters. The van der Waals surface area contributed by atoms with Crippen LogP contribution in [0.3, 0.4) is 0 Å². The van der Waals surface area contributed by atoms with Crippen molar-refractivity contribution in [1.29, 1.82) is 0 Å². The largest absolute Gasteiger partial charge is 0.293 e. The molecule has 0 fully saturated rings. The number of likely N-dealkylation sites (N-methyl/N-ethyl adjacent to an activating group) is 1. The van der Waals surface area contributed by atoms with E-state index in [1.807, 2.05) is 37.4 Å². The van der Waals surface area contributed by atoms with Crippen molar-refractivity contribution < 1.29 is 4.79 Å². The second kappa shape index (κ2) is 7.13. The molecule has 0 heterocycles. The van der Waals surface area contributed by atoms with Gasteiger partial charge in [-0.1, -0.05) is 43.7 Å². The number of carbonyl (C=O) groups is 1. The van der Waals surface area contributed by atoms with Gasteiger partial charge in [0.25, 0.3) is 5.91 Å². The van der Waals surface area contributed by atoms with Gasteiger partial charge in [-0.15, -0.1) is 0 Å². The third-order valence-corrected chi connectivity index (χ3v) is 3.31. The number of amides is 1. The lowest BCUT2D eigenvalue weighted by atomic mass is 10.0. The van der Waals surface area contributed by atoms with E-state index in [9.17, 15) is 4.79 Å². The lowest BCUT2D eigenvalue weighted by molar-refractivity contribution is -0.127. The summed E-state index contributed by atoms with van der Waals surface area (Å²) in [6.07, 6.45) is 2.15. The van der Waals surface area contributed by atoms with Crippen LogP contribution in [0.15, 0.2) is 30.3 Å². The molecule has 1 amide bonds. The molecule has 0 aliphatic rings. The molecule has 0 aromatic heterocycles. The number of nitrogens with zero attached hydrogens (tertiary/aromatic N) is 1. The fraction of sp³-hybridized carbons (Fsp3) is 0.500. The van der Waals surface area contributed by atoms with Crippen LogP contribution in [0, 0.1) is 0 Å². The first-order valence-electron chi connectivity index (χ1n) is 6.39. The van der Waals surface area contributed by atoms with Crippen LogP contribution in [0.4, 0.5) is 0 Å². The van der Waals surface area contributed by atoms with Crippen molar-refractivity contribution >= 4 is 5.91 Å². The second-order valence-corrected chi connectivity index (χ2v) is 4.62. The zero-order chi connectivity index (χ0) is 13.5. The van der Waals surface area contributed by atoms with Crippen LogP contribution in [0.25, 0.3) is 0 Å². The summed E-state index contributed by atoms with van der Waals surface area (Å²) in [5, 5.41) is 0. The molecule has 3 N–H and O–H groups in total. The Morgan fingerprint density at radius 2 is 2.00 bits per heavy atom. The molecule has 0 aliphatic carbocycles. The van der Waals surface area contributed by atoms with Gasteiger partial charge >= 0.3 is 0 Å². The fourth-order valence-electron chi connectivity index (χ4n) is 2.16. The lowest BCUT2D eigenvalue weighted by Crippen LogP contribution is -2.44. The maximum absolute atomic E-state index is 12.0. The molecule has 2 unspecified atom stereocenters. The molecule has 0 aliphatic heterocycles. The molecule has 100 valence electrons. The summed E-state index contributed by atoms with van der Waals surface area (Å²) in [5.74, 6) is 5.12. The number of hydrazine groups is 1. The normalized spacial score (nSPS) is 14.3. The maximum atomic E-state index is 12.0. The molecule has 0 saturated carbocycles. The predicted molar refractivity (Wildman–Crippen MR) is 73.6 cm³/mol. The maximum Gasteiger partial charge on any atom is 0.255 e. The monoisotopic (exact) mass is 249 g/mol. The molecule has 1 aromatic rings. The van der Waals surface area contributed by atoms with Crippen molar-refractivity contribution in [2.75, 3.05) is 7.05 Å². The Bertz CT molecular complexity index is 367. The summed E-state index contributed by atoms with van der Waals surface area (Å²) < 4.78 is 0. The van der Waals surface area contributed by atoms with Gasteiger partial charge in [-0.05, 0) is 26.0 Å². The summed E-state index contributed by atoms with van der Waals surface area (Å²) in [6, 6.07) is 9.71. The molecule has 1 rings (SSSR count). The van der Waals surface area contributed by atoms with Crippen molar-refractivity contribution in [2.24, 2.45) is 5.84 Å². The zero-order valence-corrected chi connectivity index (χ0v) is 11.4. The van der Waals surface area contributed by atoms with E-state index in [-0.39, 0.29) is 11.9 Å². The first-order valence-corrected chi connectivity index (χ1v) is 6.39. The van der Waals surface area contributed by atoms with E-state index in [1.54, 1.807) is 0 Å². The number of carbonyl (C=O) groups excluding carboxylic acids is 1. The van der Waals surface area contributed by atoms with E-state index < -0.39 is 0 Å². The topological polar surface area (TPSA) is 58.4 Å². The highest BCUT2D eigenvalue weighted by molar-refractivity contribution is 5.82. The molecule has 0 spiro atoms. The van der Waals surface area contributed by atoms with Crippen LogP contribution in [0.2, 0.25) is 0 Å². The highest BCUT2D eigenvalue weighted by Gasteiger charge is 2.27. The highest BCUT2D eigenvalue weighted by atomic mass is 16.2. The van der Waals surface area contributed by atoms with Gasteiger partial charge in [-0.25, -0.2) is 5.84 Å². The van der Waals surface area contributed by atoms with Gasteiger partial charge in [0.05, 0.1) is 0 Å². The number of nitrogens with one attached hydrogen (secondary N) is 1. The average molecular weight is 249 g/mol. The number of hydrogen-bond donors (Lipinski definition) is 2. The lowest BCUT2D eigenvalue weighted by Gasteiger charge is -2.32. The molecule has 1 aromatic carbocycles. The number of hydrogen-bond acceptors (Lipinski definition) is 3. The minimum atomic E-state index is -0.335. The van der Waals surface area contributed by atoms with E-state index in [2.05, 4.69) is 24.2 Å². The third-order valence-electron chi connectivity index (χ3n) is 3.31. The van der Waals surface area contributed by atoms with E-state index in [1.165, 1.54) is 0 Å². The SMILES string of the molecule is CCCC(C)N(C)C(C(=O)NN)c1ccccc1. The van der Waals surface area contributed by atoms with Crippen LogP contribution in [0.1, 0.15) is 38.3 Å². The van der Waals surface area contributed by atoms with E-state index in [0.717, 1.165) is 18.4 Å². The van der Waals surface area contributed by atoms with Crippen LogP contribution in [-0.2, 0) is 4.79 Å². The van der Waals surface area contributed by atoms with Crippen LogP contribution >= 0.6 is 0 Å². The molecule has 4 nitrogen and oxygen atoms in total. The van der Waals surface area contributed by atoms with Gasteiger partial charge in [0.2, 0.25) is 0 Å². The number of benzene rings is 1. The molecule has 0 bridgehead atoms. The number of nitrogens with two attached hydrogens (primary N) is 1. The molecule has 0 radical (unpaired) electrons. The molecule has 4 heteroatoms. The van der Waals surface area contributed by atoms with Gasteiger partial charge in [-0.2, -0.15) is 0 Å². The van der Waals surface area contributed by atoms with E-state index in [0.29, 0.717) is 6.04 Å². The third kappa shape index (κ3) is 3.55. The Labute approximate surface area is 109 Å². The first kappa shape index (κ1) is 14.7. The van der Waals surface area contributed by atoms with Crippen molar-refractivity contribution in [2.45, 2.75) is 38.8 Å². The Balaban J connectivity index is 2.95. The predicted octanol–water partition coefficient (Wildman–Crippen LogP) is 1.84. The van der Waals surface area contributed by atoms with Gasteiger partial charge in [0.1, 0.15) is 6.04 Å². The highest BCUT2D eigenvalue weighted by Crippen LogP contribution is 2.22. The minimum absolute atomic E-state index is 0.174. The standard InChI is InChI=1S/C14H23N3O/c1-4-8-11(2)17(3)13(14(18)16-15)12-9-6-5-7-10-12/h5-7,9-11,13H,4,8,15H2,1-3H3,(H,16,18). The van der Waals surface area contributed by atoms with Crippen molar-refractivity contribution in [3.63, 3.8) is 0 Å². The van der Waals surface area contributed by atoms with Gasteiger partial charge < -0.3 is 0 Å². The summed E-state index contributed by atoms with van der Waals surface area (Å²) in [4.78, 5) is 14.1. The Kier molecular flexibility index (Phi) is 5.82. The fourth-order valence-corrected chi connectivity index (χ4v) is 2.16. The summed E-state index contributed by atoms with van der Waals surface area (Å²) in [5.41, 5.74) is 3.22. The van der Waals surface area contributed by atoms with Crippen LogP contribution in [-0.4, -0.2) is 23.9 Å². The summed E-state index contributed by atoms with van der Waals surface area (Å²) >= 11 is 0. The van der Waals surface area contributed by atoms with Crippen molar-refractivity contribution in [1.82, 2.24) is 10.3 Å². The minimum Gasteiger partial charge on any atom is -0.293 e. The van der Waals surface area contributed by atoms with Crippen LogP contribution in [0.5, 0.6) is 0 Å². The molecular weight excluding hydrogens is 226 g/mol. The molecule has 0 saturated heterocycles. The van der Waals surface area contributed by atoms with Crippen molar-refractivity contribution in [3.05, 3.63) is 35.9 Å². The van der Waals surface area contributed by atoms with Gasteiger partial charge in [-0.3, -0.25) is 15.1 Å². The van der Waals surface area contributed by atoms with Gasteiger partial charge in [0, 0.05) is 6.04 Å². The van der Waals surface area contributed by atoms with E-state index in [4.69, 9.17) is 5.84 Å². The Morgan fingerprint density at radius 3 is 2.50 bits per heavy atom. The van der Waals surface area contributed by atoms with Crippen molar-refractivity contribution in [3.8, 4) is 0 Å². The Morgan fingerprint density at radius 1 is 1.39 bits per heavy atom. The average Bonchev–Trinajstić information content (AvgIpc) is 2.40. The first-order chi connectivity index (χ1) is 8.61. The van der Waals surface area contributed by atoms with Crippen LogP contribution < -0.4 is 11.3 Å². The quantitative estimate of drug-likeness (QED) is 0.459. The summed E-state index contributed by atoms with van der Waals surface area (Å²) in [6.45, 7) is 4.27. The molecular formula is C14H23N3O. The zero-order valence-electron chi connectivity index (χ0n) is 11.4.